The molecule has 214 valence electrons. The molecule has 13 heteroatoms. The van der Waals surface area contributed by atoms with Crippen LogP contribution in [0.25, 0.3) is 0 Å². The highest BCUT2D eigenvalue weighted by molar-refractivity contribution is 7.89. The number of Topliss-reactive ketones (excluding diaryl/α,β-unsaturated/α-hetero) is 1. The molecule has 0 aliphatic carbocycles. The Morgan fingerprint density at radius 1 is 1.10 bits per heavy atom. The van der Waals surface area contributed by atoms with E-state index in [-0.39, 0.29) is 24.3 Å². The Labute approximate surface area is 235 Å². The number of anilines is 2. The fourth-order valence-electron chi connectivity index (χ4n) is 4.95. The van der Waals surface area contributed by atoms with Crippen LogP contribution in [0.3, 0.4) is 0 Å². The van der Waals surface area contributed by atoms with Crippen LogP contribution in [0.15, 0.2) is 59.8 Å². The quantitative estimate of drug-likeness (QED) is 0.267. The van der Waals surface area contributed by atoms with Crippen LogP contribution in [0, 0.1) is 11.6 Å². The van der Waals surface area contributed by atoms with Crippen molar-refractivity contribution in [3.63, 3.8) is 0 Å². The molecule has 4 aromatic rings. The molecule has 2 aromatic heterocycles. The van der Waals surface area contributed by atoms with Crippen molar-refractivity contribution in [3.8, 4) is 0 Å². The lowest BCUT2D eigenvalue weighted by Gasteiger charge is -2.30. The van der Waals surface area contributed by atoms with E-state index in [1.54, 1.807) is 50.5 Å². The van der Waals surface area contributed by atoms with Crippen molar-refractivity contribution >= 4 is 33.1 Å². The van der Waals surface area contributed by atoms with E-state index in [0.717, 1.165) is 22.1 Å². The molecule has 0 saturated carbocycles. The third-order valence-electron chi connectivity index (χ3n) is 7.15. The number of fused-ring (bicyclic) bond motifs is 1. The molecule has 3 heterocycles. The number of nitrogens with zero attached hydrogens (tertiary/aromatic N) is 3. The highest BCUT2D eigenvalue weighted by atomic mass is 32.2. The minimum absolute atomic E-state index is 0.154. The zero-order valence-corrected chi connectivity index (χ0v) is 23.6. The van der Waals surface area contributed by atoms with E-state index in [4.69, 9.17) is 0 Å². The molecule has 0 radical (unpaired) electrons. The first-order valence-electron chi connectivity index (χ1n) is 12.6. The summed E-state index contributed by atoms with van der Waals surface area (Å²) in [6.45, 7) is 3.11. The highest BCUT2D eigenvalue weighted by Gasteiger charge is 2.48. The molecule has 10 nitrogen and oxygen atoms in total. The molecular formula is C28H28F2N6O4S. The molecule has 1 amide bonds. The maximum absolute atomic E-state index is 13.9. The first kappa shape index (κ1) is 28.2. The Hall–Kier alpha value is -4.36. The number of H-pyrrole nitrogens is 2. The Morgan fingerprint density at radius 2 is 1.80 bits per heavy atom. The van der Waals surface area contributed by atoms with Gasteiger partial charge in [0.1, 0.15) is 11.6 Å². The molecule has 0 fully saturated rings. The number of aromatic nitrogens is 3. The van der Waals surface area contributed by atoms with Gasteiger partial charge in [0.15, 0.2) is 5.78 Å². The van der Waals surface area contributed by atoms with Gasteiger partial charge in [-0.1, -0.05) is 0 Å². The molecule has 0 atom stereocenters. The third kappa shape index (κ3) is 5.13. The van der Waals surface area contributed by atoms with Crippen molar-refractivity contribution in [2.75, 3.05) is 24.3 Å². The number of aromatic amines is 2. The topological polar surface area (TPSA) is 131 Å². The second-order valence-electron chi connectivity index (χ2n) is 10.5. The van der Waals surface area contributed by atoms with E-state index in [0.29, 0.717) is 34.3 Å². The number of ketones is 1. The summed E-state index contributed by atoms with van der Waals surface area (Å²) in [6.07, 6.45) is 3.00. The number of hydrogen-bond donors (Lipinski definition) is 3. The maximum atomic E-state index is 13.9. The molecule has 41 heavy (non-hydrogen) atoms. The second kappa shape index (κ2) is 10.2. The second-order valence-corrected chi connectivity index (χ2v) is 12.3. The summed E-state index contributed by atoms with van der Waals surface area (Å²) in [6, 6.07) is 8.82. The number of nitrogens with one attached hydrogen (secondary N) is 3. The minimum Gasteiger partial charge on any atom is -0.378 e. The third-order valence-corrected chi connectivity index (χ3v) is 9.14. The highest BCUT2D eigenvalue weighted by Crippen LogP contribution is 2.43. The van der Waals surface area contributed by atoms with Gasteiger partial charge in [0.05, 0.1) is 33.8 Å². The standard InChI is InChI=1S/C28H28F2N6O4S/c1-28(2)26-22(15-36(28)41(39,40)20-10-17(29)9-18(30)11-20)24(33-34-26)13-25(37)21-6-5-19(35(3)4)12-23(21)32-27(38)16-7-8-31-14-16/h5-12,14,31H,13,15H2,1-4H3,(H,32,38)(H,33,34). The molecular weight excluding hydrogens is 554 g/mol. The van der Waals surface area contributed by atoms with E-state index in [1.165, 1.54) is 0 Å². The van der Waals surface area contributed by atoms with E-state index in [1.807, 2.05) is 19.0 Å². The van der Waals surface area contributed by atoms with Crippen molar-refractivity contribution in [1.29, 1.82) is 0 Å². The van der Waals surface area contributed by atoms with Crippen LogP contribution in [0.2, 0.25) is 0 Å². The largest absolute Gasteiger partial charge is 0.378 e. The van der Waals surface area contributed by atoms with E-state index < -0.39 is 38.0 Å². The van der Waals surface area contributed by atoms with Crippen molar-refractivity contribution in [3.05, 3.63) is 94.6 Å². The average molecular weight is 583 g/mol. The van der Waals surface area contributed by atoms with Crippen LogP contribution in [0.1, 0.15) is 51.5 Å². The Kier molecular flexibility index (Phi) is 7.03. The van der Waals surface area contributed by atoms with Crippen LogP contribution in [0.4, 0.5) is 20.2 Å². The van der Waals surface area contributed by atoms with Gasteiger partial charge in [-0.05, 0) is 50.2 Å². The molecule has 1 aliphatic heterocycles. The molecule has 1 aliphatic rings. The minimum atomic E-state index is -4.32. The number of amides is 1. The van der Waals surface area contributed by atoms with Crippen molar-refractivity contribution < 1.29 is 26.8 Å². The van der Waals surface area contributed by atoms with Gasteiger partial charge in [0.2, 0.25) is 10.0 Å². The van der Waals surface area contributed by atoms with Gasteiger partial charge >= 0.3 is 0 Å². The fraction of sp³-hybridized carbons (Fsp3) is 0.250. The molecule has 0 spiro atoms. The molecule has 0 unspecified atom stereocenters. The zero-order valence-electron chi connectivity index (χ0n) is 22.7. The van der Waals surface area contributed by atoms with Gasteiger partial charge in [-0.3, -0.25) is 14.7 Å². The van der Waals surface area contributed by atoms with E-state index >= 15 is 0 Å². The summed E-state index contributed by atoms with van der Waals surface area (Å²) in [7, 11) is -0.650. The molecule has 5 rings (SSSR count). The molecule has 3 N–H and O–H groups in total. The summed E-state index contributed by atoms with van der Waals surface area (Å²) in [5.41, 5.74) is 1.90. The zero-order chi connectivity index (χ0) is 29.7. The van der Waals surface area contributed by atoms with Crippen molar-refractivity contribution in [1.82, 2.24) is 19.5 Å². The first-order chi connectivity index (χ1) is 19.3. The summed E-state index contributed by atoms with van der Waals surface area (Å²) >= 11 is 0. The number of rotatable bonds is 8. The normalized spacial score (nSPS) is 14.6. The summed E-state index contributed by atoms with van der Waals surface area (Å²) in [5.74, 6) is -2.75. The first-order valence-corrected chi connectivity index (χ1v) is 14.1. The number of benzene rings is 2. The van der Waals surface area contributed by atoms with E-state index in [2.05, 4.69) is 20.5 Å². The Morgan fingerprint density at radius 3 is 2.44 bits per heavy atom. The number of halogens is 2. The van der Waals surface area contributed by atoms with Gasteiger partial charge in [0.25, 0.3) is 5.91 Å². The van der Waals surface area contributed by atoms with E-state index in [9.17, 15) is 26.8 Å². The fourth-order valence-corrected chi connectivity index (χ4v) is 6.71. The van der Waals surface area contributed by atoms with Crippen molar-refractivity contribution in [2.45, 2.75) is 37.2 Å². The average Bonchev–Trinajstić information content (AvgIpc) is 3.62. The van der Waals surface area contributed by atoms with Crippen LogP contribution >= 0.6 is 0 Å². The van der Waals surface area contributed by atoms with Gasteiger partial charge in [-0.2, -0.15) is 9.40 Å². The van der Waals surface area contributed by atoms with Crippen LogP contribution in [-0.4, -0.2) is 53.7 Å². The lowest BCUT2D eigenvalue weighted by molar-refractivity contribution is 0.0992. The van der Waals surface area contributed by atoms with Crippen LogP contribution in [-0.2, 0) is 28.5 Å². The lowest BCUT2D eigenvalue weighted by atomic mass is 9.98. The van der Waals surface area contributed by atoms with Gasteiger partial charge in [0, 0.05) is 61.6 Å². The number of carbonyl (C=O) groups is 2. The van der Waals surface area contributed by atoms with Crippen molar-refractivity contribution in [2.24, 2.45) is 0 Å². The Bertz CT molecular complexity index is 1740. The number of carbonyl (C=O) groups excluding carboxylic acids is 2. The summed E-state index contributed by atoms with van der Waals surface area (Å²) in [4.78, 5) is 30.5. The SMILES string of the molecule is CN(C)c1ccc(C(=O)Cc2[nH]nc3c2CN(S(=O)(=O)c2cc(F)cc(F)c2)C3(C)C)c(NC(=O)c2cc[nH]c2)c1. The predicted molar refractivity (Wildman–Crippen MR) is 148 cm³/mol. The molecule has 0 bridgehead atoms. The molecule has 0 saturated heterocycles. The van der Waals surface area contributed by atoms with Gasteiger partial charge in [-0.15, -0.1) is 0 Å². The Balaban J connectivity index is 1.45. The van der Waals surface area contributed by atoms with Crippen LogP contribution in [0.5, 0.6) is 0 Å². The maximum Gasteiger partial charge on any atom is 0.257 e. The summed E-state index contributed by atoms with van der Waals surface area (Å²) in [5, 5.41) is 9.99. The van der Waals surface area contributed by atoms with Gasteiger partial charge in [-0.25, -0.2) is 17.2 Å². The summed E-state index contributed by atoms with van der Waals surface area (Å²) < 4.78 is 55.7. The number of hydrogen-bond acceptors (Lipinski definition) is 6. The molecule has 2 aromatic carbocycles. The van der Waals surface area contributed by atoms with Gasteiger partial charge < -0.3 is 15.2 Å². The lowest BCUT2D eigenvalue weighted by Crippen LogP contribution is -2.40. The van der Waals surface area contributed by atoms with Crippen LogP contribution < -0.4 is 10.2 Å². The monoisotopic (exact) mass is 582 g/mol. The smallest absolute Gasteiger partial charge is 0.257 e. The number of sulfonamides is 1. The predicted octanol–water partition coefficient (Wildman–Crippen LogP) is 4.20.